The van der Waals surface area contributed by atoms with Gasteiger partial charge in [-0.1, -0.05) is 46.9 Å². The number of Topliss-reactive ketones (excluding diaryl/α,β-unsaturated/α-hetero) is 1. The maximum Gasteiger partial charge on any atom is 0.246 e. The summed E-state index contributed by atoms with van der Waals surface area (Å²) in [5, 5.41) is 1.37. The predicted octanol–water partition coefficient (Wildman–Crippen LogP) is 5.69. The summed E-state index contributed by atoms with van der Waals surface area (Å²) < 4.78 is 6.21. The van der Waals surface area contributed by atoms with Gasteiger partial charge in [-0.15, -0.1) is 0 Å². The van der Waals surface area contributed by atoms with Crippen molar-refractivity contribution < 1.29 is 14.3 Å². The number of hydrogen-bond acceptors (Lipinski definition) is 3. The van der Waals surface area contributed by atoms with Crippen LogP contribution in [0.1, 0.15) is 35.2 Å². The van der Waals surface area contributed by atoms with Gasteiger partial charge in [-0.25, -0.2) is 0 Å². The van der Waals surface area contributed by atoms with E-state index in [2.05, 4.69) is 0 Å². The number of halogens is 3. The average Bonchev–Trinajstić information content (AvgIpc) is 2.68. The number of piperidine rings is 1. The third-order valence-corrected chi connectivity index (χ3v) is 6.10. The molecule has 1 fully saturated rings. The second-order valence-corrected chi connectivity index (χ2v) is 8.64. The van der Waals surface area contributed by atoms with Gasteiger partial charge in [-0.05, 0) is 35.9 Å². The van der Waals surface area contributed by atoms with E-state index < -0.39 is 5.60 Å². The van der Waals surface area contributed by atoms with Crippen molar-refractivity contribution in [1.29, 1.82) is 0 Å². The van der Waals surface area contributed by atoms with Crippen LogP contribution in [0.25, 0.3) is 6.08 Å². The highest BCUT2D eigenvalue weighted by molar-refractivity contribution is 6.36. The van der Waals surface area contributed by atoms with Crippen molar-refractivity contribution in [2.75, 3.05) is 13.1 Å². The van der Waals surface area contributed by atoms with E-state index in [0.29, 0.717) is 52.3 Å². The van der Waals surface area contributed by atoms with Crippen molar-refractivity contribution in [3.05, 3.63) is 68.7 Å². The summed E-state index contributed by atoms with van der Waals surface area (Å²) >= 11 is 18.2. The average molecular weight is 451 g/mol. The van der Waals surface area contributed by atoms with Gasteiger partial charge in [0.15, 0.2) is 5.78 Å². The second kappa shape index (κ2) is 8.02. The molecule has 2 aromatic rings. The summed E-state index contributed by atoms with van der Waals surface area (Å²) in [7, 11) is 0. The molecule has 2 aliphatic heterocycles. The van der Waals surface area contributed by atoms with Gasteiger partial charge in [0.05, 0.1) is 17.0 Å². The van der Waals surface area contributed by atoms with Crippen molar-refractivity contribution >= 4 is 52.6 Å². The number of ether oxygens (including phenoxy) is 1. The molecule has 29 heavy (non-hydrogen) atoms. The zero-order valence-electron chi connectivity index (χ0n) is 15.5. The SMILES string of the molecule is O=C1CC2(CCN(C(=O)/C=C/c3cccc(Cl)c3)CC2)Oc2c(Cl)cc(Cl)cc21. The van der Waals surface area contributed by atoms with Crippen LogP contribution in [-0.2, 0) is 4.79 Å². The molecule has 0 N–H and O–H groups in total. The van der Waals surface area contributed by atoms with Crippen molar-refractivity contribution in [3.63, 3.8) is 0 Å². The molecule has 2 aliphatic rings. The van der Waals surface area contributed by atoms with Gasteiger partial charge < -0.3 is 9.64 Å². The Morgan fingerprint density at radius 2 is 1.83 bits per heavy atom. The minimum atomic E-state index is -0.630. The Bertz CT molecular complexity index is 1010. The Hall–Kier alpha value is -2.01. The Kier molecular flexibility index (Phi) is 5.60. The van der Waals surface area contributed by atoms with Crippen molar-refractivity contribution in [3.8, 4) is 5.75 Å². The number of hydrogen-bond donors (Lipinski definition) is 0. The summed E-state index contributed by atoms with van der Waals surface area (Å²) in [6.45, 7) is 1.01. The fourth-order valence-electron chi connectivity index (χ4n) is 3.81. The highest BCUT2D eigenvalue weighted by Gasteiger charge is 2.44. The van der Waals surface area contributed by atoms with Gasteiger partial charge in [0.25, 0.3) is 0 Å². The maximum absolute atomic E-state index is 12.7. The van der Waals surface area contributed by atoms with E-state index in [1.54, 1.807) is 41.3 Å². The quantitative estimate of drug-likeness (QED) is 0.552. The molecule has 1 spiro atoms. The van der Waals surface area contributed by atoms with Crippen LogP contribution in [0.3, 0.4) is 0 Å². The van der Waals surface area contributed by atoms with E-state index in [-0.39, 0.29) is 18.1 Å². The van der Waals surface area contributed by atoms with E-state index >= 15 is 0 Å². The number of amides is 1. The molecular formula is C22H18Cl3NO3. The van der Waals surface area contributed by atoms with Crippen LogP contribution >= 0.6 is 34.8 Å². The van der Waals surface area contributed by atoms with Gasteiger partial charge in [0, 0.05) is 42.1 Å². The molecule has 1 saturated heterocycles. The van der Waals surface area contributed by atoms with Gasteiger partial charge in [0.1, 0.15) is 11.4 Å². The molecule has 0 aromatic heterocycles. The summed E-state index contributed by atoms with van der Waals surface area (Å²) in [6.07, 6.45) is 4.68. The number of benzene rings is 2. The third-order valence-electron chi connectivity index (χ3n) is 5.36. The first-order chi connectivity index (χ1) is 13.8. The molecule has 4 nitrogen and oxygen atoms in total. The van der Waals surface area contributed by atoms with Crippen LogP contribution in [0.15, 0.2) is 42.5 Å². The number of carbonyl (C=O) groups is 2. The third kappa shape index (κ3) is 4.30. The Morgan fingerprint density at radius 1 is 1.07 bits per heavy atom. The van der Waals surface area contributed by atoms with Crippen LogP contribution < -0.4 is 4.74 Å². The number of nitrogens with zero attached hydrogens (tertiary/aromatic N) is 1. The summed E-state index contributed by atoms with van der Waals surface area (Å²) in [5.74, 6) is 0.288. The van der Waals surface area contributed by atoms with Crippen LogP contribution in [-0.4, -0.2) is 35.3 Å². The number of carbonyl (C=O) groups excluding carboxylic acids is 2. The van der Waals surface area contributed by atoms with Gasteiger partial charge >= 0.3 is 0 Å². The van der Waals surface area contributed by atoms with Gasteiger partial charge in [-0.3, -0.25) is 9.59 Å². The van der Waals surface area contributed by atoms with Gasteiger partial charge in [0.2, 0.25) is 5.91 Å². The summed E-state index contributed by atoms with van der Waals surface area (Å²) in [4.78, 5) is 27.0. The Balaban J connectivity index is 1.44. The highest BCUT2D eigenvalue weighted by atomic mass is 35.5. The first kappa shape index (κ1) is 20.3. The first-order valence-electron chi connectivity index (χ1n) is 9.29. The molecule has 0 atom stereocenters. The molecule has 7 heteroatoms. The second-order valence-electron chi connectivity index (χ2n) is 7.36. The van der Waals surface area contributed by atoms with Crippen LogP contribution in [0, 0.1) is 0 Å². The fraction of sp³-hybridized carbons (Fsp3) is 0.273. The van der Waals surface area contributed by atoms with Crippen LogP contribution in [0.2, 0.25) is 15.1 Å². The maximum atomic E-state index is 12.7. The predicted molar refractivity (Wildman–Crippen MR) is 115 cm³/mol. The zero-order valence-corrected chi connectivity index (χ0v) is 17.7. The lowest BCUT2D eigenvalue weighted by atomic mass is 9.82. The van der Waals surface area contributed by atoms with E-state index in [1.165, 1.54) is 0 Å². The van der Waals surface area contributed by atoms with E-state index in [0.717, 1.165) is 5.56 Å². The number of likely N-dealkylation sites (tertiary alicyclic amines) is 1. The summed E-state index contributed by atoms with van der Waals surface area (Å²) in [5.41, 5.74) is 0.663. The molecule has 0 radical (unpaired) electrons. The highest BCUT2D eigenvalue weighted by Crippen LogP contribution is 2.44. The molecule has 4 rings (SSSR count). The van der Waals surface area contributed by atoms with E-state index in [4.69, 9.17) is 39.5 Å². The largest absolute Gasteiger partial charge is 0.484 e. The standard InChI is InChI=1S/C22H18Cl3NO3/c23-15-3-1-2-14(10-15)4-5-20(28)26-8-6-22(7-9-26)13-19(27)17-11-16(24)12-18(25)21(17)29-22/h1-5,10-12H,6-9,13H2/b5-4+. The Morgan fingerprint density at radius 3 is 2.55 bits per heavy atom. The molecule has 0 bridgehead atoms. The molecule has 1 amide bonds. The number of fused-ring (bicyclic) bond motifs is 1. The summed E-state index contributed by atoms with van der Waals surface area (Å²) in [6, 6.07) is 10.5. The first-order valence-corrected chi connectivity index (χ1v) is 10.4. The van der Waals surface area contributed by atoms with E-state index in [9.17, 15) is 9.59 Å². The normalized spacial score (nSPS) is 18.0. The lowest BCUT2D eigenvalue weighted by molar-refractivity contribution is -0.129. The zero-order chi connectivity index (χ0) is 20.6. The van der Waals surface area contributed by atoms with Crippen LogP contribution in [0.5, 0.6) is 5.75 Å². The molecule has 2 aromatic carbocycles. The monoisotopic (exact) mass is 449 g/mol. The molecule has 0 unspecified atom stereocenters. The fourth-order valence-corrected chi connectivity index (χ4v) is 4.54. The molecule has 2 heterocycles. The minimum Gasteiger partial charge on any atom is -0.484 e. The number of ketones is 1. The lowest BCUT2D eigenvalue weighted by Crippen LogP contribution is -2.52. The van der Waals surface area contributed by atoms with Crippen molar-refractivity contribution in [2.45, 2.75) is 24.9 Å². The van der Waals surface area contributed by atoms with E-state index in [1.807, 2.05) is 12.1 Å². The Labute approximate surface area is 184 Å². The molecular weight excluding hydrogens is 433 g/mol. The molecule has 150 valence electrons. The van der Waals surface area contributed by atoms with Crippen molar-refractivity contribution in [1.82, 2.24) is 4.90 Å². The smallest absolute Gasteiger partial charge is 0.246 e. The molecule has 0 aliphatic carbocycles. The van der Waals surface area contributed by atoms with Gasteiger partial charge in [-0.2, -0.15) is 0 Å². The topological polar surface area (TPSA) is 46.6 Å². The van der Waals surface area contributed by atoms with Crippen LogP contribution in [0.4, 0.5) is 0 Å². The number of rotatable bonds is 2. The minimum absolute atomic E-state index is 0.0312. The van der Waals surface area contributed by atoms with Crippen molar-refractivity contribution in [2.24, 2.45) is 0 Å². The lowest BCUT2D eigenvalue weighted by Gasteiger charge is -2.44. The molecule has 0 saturated carbocycles.